The van der Waals surface area contributed by atoms with Gasteiger partial charge in [0.15, 0.2) is 5.65 Å². The van der Waals surface area contributed by atoms with Crippen molar-refractivity contribution in [3.63, 3.8) is 0 Å². The van der Waals surface area contributed by atoms with Crippen LogP contribution in [0.5, 0.6) is 0 Å². The first-order valence-corrected chi connectivity index (χ1v) is 13.1. The van der Waals surface area contributed by atoms with Crippen LogP contribution in [0, 0.1) is 5.82 Å². The Morgan fingerprint density at radius 2 is 1.74 bits per heavy atom. The first-order valence-electron chi connectivity index (χ1n) is 13.1. The lowest BCUT2D eigenvalue weighted by Gasteiger charge is -2.33. The van der Waals surface area contributed by atoms with E-state index < -0.39 is 0 Å². The Bertz CT molecular complexity index is 1840. The van der Waals surface area contributed by atoms with Gasteiger partial charge < -0.3 is 4.90 Å². The summed E-state index contributed by atoms with van der Waals surface area (Å²) in [6, 6.07) is 19.1. The van der Waals surface area contributed by atoms with Gasteiger partial charge in [-0.25, -0.2) is 13.9 Å². The average molecular weight is 517 g/mol. The maximum Gasteiger partial charge on any atom is 0.164 e. The van der Waals surface area contributed by atoms with E-state index in [0.29, 0.717) is 28.6 Å². The maximum absolute atomic E-state index is 14.6. The number of likely N-dealkylation sites (tertiary alicyclic amines) is 1. The van der Waals surface area contributed by atoms with E-state index in [9.17, 15) is 4.39 Å². The summed E-state index contributed by atoms with van der Waals surface area (Å²) in [5, 5.41) is 12.7. The second-order valence-electron chi connectivity index (χ2n) is 10.5. The standard InChI is InChI=1S/C30H25FN8/c1-37-16-22-14-21(37)17-38(22)20-4-2-18(3-5-20)26-10-13-33-30-27(23-6-7-25(31)29-24(23)15-34-35-29)28(36-39(26)30)19-8-11-32-12-9-19/h2-13,15,21-22H,14,16-17H2,1H3,(H,34,35). The third-order valence-electron chi connectivity index (χ3n) is 8.32. The van der Waals surface area contributed by atoms with Gasteiger partial charge in [-0.05, 0) is 55.4 Å². The van der Waals surface area contributed by atoms with Crippen molar-refractivity contribution in [2.24, 2.45) is 0 Å². The van der Waals surface area contributed by atoms with Gasteiger partial charge in [0.25, 0.3) is 0 Å². The molecule has 2 aliphatic heterocycles. The molecule has 2 unspecified atom stereocenters. The van der Waals surface area contributed by atoms with Crippen LogP contribution in [0.25, 0.3) is 50.2 Å². The van der Waals surface area contributed by atoms with E-state index in [1.165, 1.54) is 18.2 Å². The molecule has 0 radical (unpaired) electrons. The van der Waals surface area contributed by atoms with E-state index in [1.54, 1.807) is 24.7 Å². The van der Waals surface area contributed by atoms with Crippen molar-refractivity contribution in [3.05, 3.63) is 85.2 Å². The highest BCUT2D eigenvalue weighted by atomic mass is 19.1. The van der Waals surface area contributed by atoms with Crippen LogP contribution in [0.1, 0.15) is 6.42 Å². The Kier molecular flexibility index (Phi) is 4.84. The minimum absolute atomic E-state index is 0.347. The fourth-order valence-electron chi connectivity index (χ4n) is 6.35. The lowest BCUT2D eigenvalue weighted by Crippen LogP contribution is -2.44. The largest absolute Gasteiger partial charge is 0.366 e. The second kappa shape index (κ2) is 8.44. The molecule has 6 heterocycles. The van der Waals surface area contributed by atoms with Crippen LogP contribution < -0.4 is 4.90 Å². The minimum atomic E-state index is -0.347. The number of aromatic nitrogens is 6. The van der Waals surface area contributed by atoms with Gasteiger partial charge >= 0.3 is 0 Å². The van der Waals surface area contributed by atoms with Gasteiger partial charge in [0, 0.05) is 66.0 Å². The SMILES string of the molecule is CN1CC2CC1CN2c1ccc(-c2ccnc3c(-c4ccc(F)c5[nH]ncc45)c(-c4ccncc4)nn23)cc1. The molecule has 192 valence electrons. The number of anilines is 1. The molecule has 2 atom stereocenters. The van der Waals surface area contributed by atoms with Crippen molar-refractivity contribution in [1.82, 2.24) is 34.7 Å². The summed E-state index contributed by atoms with van der Waals surface area (Å²) >= 11 is 0. The topological polar surface area (TPSA) is 78.2 Å². The summed E-state index contributed by atoms with van der Waals surface area (Å²) in [7, 11) is 2.22. The van der Waals surface area contributed by atoms with Crippen molar-refractivity contribution in [3.8, 4) is 33.6 Å². The van der Waals surface area contributed by atoms with Crippen LogP contribution in [-0.4, -0.2) is 66.9 Å². The molecule has 2 fully saturated rings. The van der Waals surface area contributed by atoms with E-state index in [4.69, 9.17) is 10.1 Å². The summed E-state index contributed by atoms with van der Waals surface area (Å²) in [6.07, 6.45) is 8.20. The maximum atomic E-state index is 14.6. The van der Waals surface area contributed by atoms with Crippen molar-refractivity contribution in [2.45, 2.75) is 18.5 Å². The number of hydrogen-bond donors (Lipinski definition) is 1. The first kappa shape index (κ1) is 22.4. The molecule has 1 N–H and O–H groups in total. The van der Waals surface area contributed by atoms with Crippen LogP contribution >= 0.6 is 0 Å². The van der Waals surface area contributed by atoms with Gasteiger partial charge in [-0.2, -0.15) is 10.2 Å². The quantitative estimate of drug-likeness (QED) is 0.354. The molecule has 2 aliphatic rings. The number of H-pyrrole nitrogens is 1. The number of nitrogens with one attached hydrogen (secondary N) is 1. The molecule has 0 aliphatic carbocycles. The highest BCUT2D eigenvalue weighted by molar-refractivity contribution is 6.03. The zero-order valence-corrected chi connectivity index (χ0v) is 21.3. The molecule has 2 aromatic carbocycles. The molecule has 6 aromatic rings. The van der Waals surface area contributed by atoms with Gasteiger partial charge in [-0.3, -0.25) is 15.0 Å². The molecule has 4 aromatic heterocycles. The van der Waals surface area contributed by atoms with Crippen LogP contribution in [0.3, 0.4) is 0 Å². The fourth-order valence-corrected chi connectivity index (χ4v) is 6.35. The number of likely N-dealkylation sites (N-methyl/N-ethyl adjacent to an activating group) is 1. The fraction of sp³-hybridized carbons (Fsp3) is 0.200. The Balaban J connectivity index is 1.29. The summed E-state index contributed by atoms with van der Waals surface area (Å²) in [4.78, 5) is 14.0. The first-order chi connectivity index (χ1) is 19.2. The van der Waals surface area contributed by atoms with Crippen LogP contribution in [0.4, 0.5) is 10.1 Å². The Morgan fingerprint density at radius 3 is 2.51 bits per heavy atom. The number of halogens is 1. The number of pyridine rings is 1. The molecule has 2 bridgehead atoms. The highest BCUT2D eigenvalue weighted by Crippen LogP contribution is 2.40. The smallest absolute Gasteiger partial charge is 0.164 e. The van der Waals surface area contributed by atoms with Gasteiger partial charge in [-0.1, -0.05) is 18.2 Å². The molecule has 0 amide bonds. The average Bonchev–Trinajstić information content (AvgIpc) is 3.77. The molecule has 0 spiro atoms. The lowest BCUT2D eigenvalue weighted by molar-refractivity contribution is 0.292. The Morgan fingerprint density at radius 1 is 0.897 bits per heavy atom. The predicted molar refractivity (Wildman–Crippen MR) is 149 cm³/mol. The van der Waals surface area contributed by atoms with Gasteiger partial charge in [0.05, 0.1) is 17.5 Å². The molecule has 0 saturated carbocycles. The number of benzene rings is 2. The third kappa shape index (κ3) is 3.39. The summed E-state index contributed by atoms with van der Waals surface area (Å²) < 4.78 is 16.4. The van der Waals surface area contributed by atoms with Crippen molar-refractivity contribution in [2.75, 3.05) is 25.0 Å². The number of fused-ring (bicyclic) bond motifs is 4. The molecule has 2 saturated heterocycles. The van der Waals surface area contributed by atoms with E-state index >= 15 is 0 Å². The molecule has 9 heteroatoms. The van der Waals surface area contributed by atoms with Crippen molar-refractivity contribution in [1.29, 1.82) is 0 Å². The van der Waals surface area contributed by atoms with Crippen molar-refractivity contribution < 1.29 is 4.39 Å². The monoisotopic (exact) mass is 516 g/mol. The van der Waals surface area contributed by atoms with Crippen molar-refractivity contribution >= 4 is 22.2 Å². The van der Waals surface area contributed by atoms with E-state index in [2.05, 4.69) is 56.3 Å². The molecular formula is C30H25FN8. The molecule has 39 heavy (non-hydrogen) atoms. The molecule has 8 nitrogen and oxygen atoms in total. The summed E-state index contributed by atoms with van der Waals surface area (Å²) in [5.41, 5.74) is 7.59. The third-order valence-corrected chi connectivity index (χ3v) is 8.32. The highest BCUT2D eigenvalue weighted by Gasteiger charge is 2.41. The van der Waals surface area contributed by atoms with Crippen LogP contribution in [-0.2, 0) is 0 Å². The zero-order valence-electron chi connectivity index (χ0n) is 21.3. The summed E-state index contributed by atoms with van der Waals surface area (Å²) in [6.45, 7) is 2.20. The van der Waals surface area contributed by atoms with Gasteiger partial charge in [0.2, 0.25) is 0 Å². The number of nitrogens with zero attached hydrogens (tertiary/aromatic N) is 7. The van der Waals surface area contributed by atoms with E-state index in [-0.39, 0.29) is 5.82 Å². The normalized spacial score (nSPS) is 19.1. The summed E-state index contributed by atoms with van der Waals surface area (Å²) in [5.74, 6) is -0.347. The Hall–Kier alpha value is -4.63. The van der Waals surface area contributed by atoms with Crippen LogP contribution in [0.2, 0.25) is 0 Å². The Labute approximate surface area is 223 Å². The number of hydrogen-bond acceptors (Lipinski definition) is 6. The molecule has 8 rings (SSSR count). The van der Waals surface area contributed by atoms with E-state index in [0.717, 1.165) is 46.7 Å². The lowest BCUT2D eigenvalue weighted by atomic mass is 9.98. The zero-order chi connectivity index (χ0) is 26.1. The van der Waals surface area contributed by atoms with Gasteiger partial charge in [0.1, 0.15) is 17.0 Å². The second-order valence-corrected chi connectivity index (χ2v) is 10.5. The number of aromatic amines is 1. The van der Waals surface area contributed by atoms with Gasteiger partial charge in [-0.15, -0.1) is 0 Å². The van der Waals surface area contributed by atoms with E-state index in [1.807, 2.05) is 28.9 Å². The number of rotatable bonds is 4. The minimum Gasteiger partial charge on any atom is -0.366 e. The number of piperazine rings is 1. The predicted octanol–water partition coefficient (Wildman–Crippen LogP) is 5.03. The molecular weight excluding hydrogens is 491 g/mol. The van der Waals surface area contributed by atoms with Crippen LogP contribution in [0.15, 0.2) is 79.4 Å².